The highest BCUT2D eigenvalue weighted by molar-refractivity contribution is 5.53. The minimum absolute atomic E-state index is 0.498. The lowest BCUT2D eigenvalue weighted by molar-refractivity contribution is 0.450. The van der Waals surface area contributed by atoms with E-state index < -0.39 is 0 Å². The average Bonchev–Trinajstić information content (AvgIpc) is 2.65. The Kier molecular flexibility index (Phi) is 1.89. The van der Waals surface area contributed by atoms with Crippen LogP contribution in [0.25, 0.3) is 5.65 Å². The molecule has 0 aliphatic carbocycles. The second-order valence-corrected chi connectivity index (χ2v) is 3.91. The number of hydrogen-bond acceptors (Lipinski definition) is 3. The standard InChI is InChI=1S/C11H14N4/c12-8-9-4-6-14(9)11-3-1-2-10-13-5-7-15(10)11/h1-3,5,7,9H,4,6,8,12H2. The molecule has 1 atom stereocenters. The Morgan fingerprint density at radius 3 is 3.13 bits per heavy atom. The van der Waals surface area contributed by atoms with Crippen molar-refractivity contribution in [3.8, 4) is 0 Å². The third kappa shape index (κ3) is 1.22. The first-order chi connectivity index (χ1) is 7.40. The molecule has 4 heteroatoms. The molecule has 0 spiro atoms. The zero-order valence-electron chi connectivity index (χ0n) is 8.50. The lowest BCUT2D eigenvalue weighted by atomic mass is 10.0. The van der Waals surface area contributed by atoms with Crippen LogP contribution >= 0.6 is 0 Å². The van der Waals surface area contributed by atoms with Crippen LogP contribution < -0.4 is 10.6 Å². The SMILES string of the molecule is NCC1CCN1c1cccc2nccn12. The summed E-state index contributed by atoms with van der Waals surface area (Å²) in [5, 5.41) is 0. The maximum absolute atomic E-state index is 5.71. The smallest absolute Gasteiger partial charge is 0.138 e. The fraction of sp³-hybridized carbons (Fsp3) is 0.364. The second-order valence-electron chi connectivity index (χ2n) is 3.91. The number of fused-ring (bicyclic) bond motifs is 1. The van der Waals surface area contributed by atoms with Crippen LogP contribution in [0.4, 0.5) is 5.82 Å². The van der Waals surface area contributed by atoms with Crippen LogP contribution in [0.3, 0.4) is 0 Å². The van der Waals surface area contributed by atoms with Gasteiger partial charge in [-0.3, -0.25) is 4.40 Å². The molecule has 0 bridgehead atoms. The van der Waals surface area contributed by atoms with Crippen molar-refractivity contribution in [3.05, 3.63) is 30.6 Å². The molecule has 0 aromatic carbocycles. The van der Waals surface area contributed by atoms with E-state index in [1.54, 1.807) is 0 Å². The molecule has 1 fully saturated rings. The van der Waals surface area contributed by atoms with E-state index in [4.69, 9.17) is 5.73 Å². The highest BCUT2D eigenvalue weighted by atomic mass is 15.3. The molecule has 0 saturated carbocycles. The third-order valence-corrected chi connectivity index (χ3v) is 3.12. The molecule has 1 aliphatic rings. The van der Waals surface area contributed by atoms with E-state index in [0.717, 1.165) is 18.7 Å². The van der Waals surface area contributed by atoms with E-state index in [1.807, 2.05) is 24.5 Å². The van der Waals surface area contributed by atoms with Crippen molar-refractivity contribution in [1.82, 2.24) is 9.38 Å². The molecule has 0 radical (unpaired) electrons. The Hall–Kier alpha value is -1.55. The molecule has 2 aromatic rings. The van der Waals surface area contributed by atoms with E-state index in [1.165, 1.54) is 12.2 Å². The fourth-order valence-electron chi connectivity index (χ4n) is 2.15. The van der Waals surface area contributed by atoms with Gasteiger partial charge in [0.05, 0.1) is 0 Å². The summed E-state index contributed by atoms with van der Waals surface area (Å²) in [5.74, 6) is 1.20. The lowest BCUT2D eigenvalue weighted by Crippen LogP contribution is -2.52. The normalized spacial score (nSPS) is 20.6. The van der Waals surface area contributed by atoms with Crippen LogP contribution in [0.15, 0.2) is 30.6 Å². The number of aromatic nitrogens is 2. The highest BCUT2D eigenvalue weighted by Crippen LogP contribution is 2.26. The van der Waals surface area contributed by atoms with Gasteiger partial charge in [0.15, 0.2) is 0 Å². The van der Waals surface area contributed by atoms with Gasteiger partial charge < -0.3 is 10.6 Å². The van der Waals surface area contributed by atoms with Crippen molar-refractivity contribution < 1.29 is 0 Å². The van der Waals surface area contributed by atoms with Crippen molar-refractivity contribution in [2.24, 2.45) is 5.73 Å². The fourth-order valence-corrected chi connectivity index (χ4v) is 2.15. The molecule has 0 amide bonds. The van der Waals surface area contributed by atoms with Gasteiger partial charge in [0.1, 0.15) is 11.5 Å². The van der Waals surface area contributed by atoms with Crippen molar-refractivity contribution in [3.63, 3.8) is 0 Å². The van der Waals surface area contributed by atoms with Crippen molar-refractivity contribution in [2.45, 2.75) is 12.5 Å². The van der Waals surface area contributed by atoms with Crippen LogP contribution in [0.1, 0.15) is 6.42 Å². The minimum Gasteiger partial charge on any atom is -0.353 e. The molecule has 2 N–H and O–H groups in total. The van der Waals surface area contributed by atoms with Crippen LogP contribution in [0.5, 0.6) is 0 Å². The largest absolute Gasteiger partial charge is 0.353 e. The van der Waals surface area contributed by atoms with E-state index >= 15 is 0 Å². The van der Waals surface area contributed by atoms with Crippen LogP contribution in [-0.2, 0) is 0 Å². The van der Waals surface area contributed by atoms with Crippen LogP contribution in [0, 0.1) is 0 Å². The van der Waals surface area contributed by atoms with Crippen molar-refractivity contribution in [2.75, 3.05) is 18.0 Å². The number of nitrogens with zero attached hydrogens (tertiary/aromatic N) is 3. The van der Waals surface area contributed by atoms with Crippen molar-refractivity contribution in [1.29, 1.82) is 0 Å². The summed E-state index contributed by atoms with van der Waals surface area (Å²) in [6, 6.07) is 6.68. The molecule has 78 valence electrons. The van der Waals surface area contributed by atoms with Gasteiger partial charge in [-0.15, -0.1) is 0 Å². The zero-order valence-corrected chi connectivity index (χ0v) is 8.50. The topological polar surface area (TPSA) is 46.6 Å². The maximum Gasteiger partial charge on any atom is 0.138 e. The first kappa shape index (κ1) is 8.73. The first-order valence-electron chi connectivity index (χ1n) is 5.29. The average molecular weight is 202 g/mol. The summed E-state index contributed by atoms with van der Waals surface area (Å²) in [4.78, 5) is 6.62. The molecule has 2 aromatic heterocycles. The van der Waals surface area contributed by atoms with Gasteiger partial charge in [-0.2, -0.15) is 0 Å². The minimum atomic E-state index is 0.498. The predicted molar refractivity (Wildman–Crippen MR) is 60.0 cm³/mol. The molecule has 1 unspecified atom stereocenters. The third-order valence-electron chi connectivity index (χ3n) is 3.12. The number of anilines is 1. The van der Waals surface area contributed by atoms with Gasteiger partial charge in [-0.05, 0) is 18.6 Å². The molecule has 15 heavy (non-hydrogen) atoms. The number of imidazole rings is 1. The first-order valence-corrected chi connectivity index (χ1v) is 5.29. The number of rotatable bonds is 2. The molecule has 4 nitrogen and oxygen atoms in total. The Bertz CT molecular complexity index is 474. The Balaban J connectivity index is 2.06. The van der Waals surface area contributed by atoms with Crippen LogP contribution in [-0.4, -0.2) is 28.5 Å². The molecule has 1 aliphatic heterocycles. The molecular formula is C11H14N4. The van der Waals surface area contributed by atoms with E-state index in [0.29, 0.717) is 6.04 Å². The lowest BCUT2D eigenvalue weighted by Gasteiger charge is -2.42. The van der Waals surface area contributed by atoms with Gasteiger partial charge in [0.25, 0.3) is 0 Å². The van der Waals surface area contributed by atoms with Gasteiger partial charge in [-0.25, -0.2) is 4.98 Å². The summed E-state index contributed by atoms with van der Waals surface area (Å²) in [6.45, 7) is 1.82. The van der Waals surface area contributed by atoms with Gasteiger partial charge in [0.2, 0.25) is 0 Å². The molecule has 3 heterocycles. The Labute approximate surface area is 88.3 Å². The zero-order chi connectivity index (χ0) is 10.3. The molecule has 1 saturated heterocycles. The summed E-state index contributed by atoms with van der Waals surface area (Å²) in [6.07, 6.45) is 5.02. The van der Waals surface area contributed by atoms with Gasteiger partial charge in [0, 0.05) is 31.5 Å². The van der Waals surface area contributed by atoms with E-state index in [-0.39, 0.29) is 0 Å². The molecular weight excluding hydrogens is 188 g/mol. The maximum atomic E-state index is 5.71. The van der Waals surface area contributed by atoms with Crippen molar-refractivity contribution >= 4 is 11.5 Å². The Morgan fingerprint density at radius 2 is 2.40 bits per heavy atom. The number of nitrogens with two attached hydrogens (primary N) is 1. The van der Waals surface area contributed by atoms with Gasteiger partial charge >= 0.3 is 0 Å². The highest BCUT2D eigenvalue weighted by Gasteiger charge is 2.27. The number of pyridine rings is 1. The van der Waals surface area contributed by atoms with Gasteiger partial charge in [-0.1, -0.05) is 6.07 Å². The summed E-state index contributed by atoms with van der Waals surface area (Å²) in [5.41, 5.74) is 6.71. The van der Waals surface area contributed by atoms with E-state index in [9.17, 15) is 0 Å². The Morgan fingerprint density at radius 1 is 1.47 bits per heavy atom. The quantitative estimate of drug-likeness (QED) is 0.786. The summed E-state index contributed by atoms with van der Waals surface area (Å²) in [7, 11) is 0. The predicted octanol–water partition coefficient (Wildman–Crippen LogP) is 0.872. The summed E-state index contributed by atoms with van der Waals surface area (Å²) < 4.78 is 2.11. The van der Waals surface area contributed by atoms with E-state index in [2.05, 4.69) is 20.4 Å². The second kappa shape index (κ2) is 3.24. The number of hydrogen-bond donors (Lipinski definition) is 1. The monoisotopic (exact) mass is 202 g/mol. The molecule has 3 rings (SSSR count). The van der Waals surface area contributed by atoms with Crippen LogP contribution in [0.2, 0.25) is 0 Å². The summed E-state index contributed by atoms with van der Waals surface area (Å²) >= 11 is 0.